The average Bonchev–Trinajstić information content (AvgIpc) is 1.86. The Morgan fingerprint density at radius 2 is 2.09 bits per heavy atom. The third-order valence-corrected chi connectivity index (χ3v) is 2.61. The van der Waals surface area contributed by atoms with Gasteiger partial charge in [-0.05, 0) is 30.3 Å². The predicted molar refractivity (Wildman–Crippen MR) is 47.5 cm³/mol. The van der Waals surface area contributed by atoms with Gasteiger partial charge < -0.3 is 5.11 Å². The van der Waals surface area contributed by atoms with Crippen molar-refractivity contribution in [3.05, 3.63) is 11.8 Å². The molecule has 64 valence electrons. The highest BCUT2D eigenvalue weighted by Crippen LogP contribution is 2.36. The van der Waals surface area contributed by atoms with Crippen molar-refractivity contribution in [1.82, 2.24) is 0 Å². The van der Waals surface area contributed by atoms with Crippen molar-refractivity contribution in [3.63, 3.8) is 0 Å². The molecule has 1 N–H and O–H groups in total. The van der Waals surface area contributed by atoms with E-state index in [4.69, 9.17) is 5.11 Å². The Kier molecular flexibility index (Phi) is 2.26. The van der Waals surface area contributed by atoms with Crippen LogP contribution in [0.4, 0.5) is 0 Å². The van der Waals surface area contributed by atoms with Gasteiger partial charge in [0.25, 0.3) is 0 Å². The van der Waals surface area contributed by atoms with Crippen molar-refractivity contribution >= 4 is 0 Å². The molecule has 0 bridgehead atoms. The standard InChI is InChI=1S/C10H18O/c1-10(2,3)8-4-6-9(11)7-5-8/h6,8,11H,4-5,7H2,1-3H3/t8-/m1/s1. The number of aliphatic hydroxyl groups excluding tert-OH is 1. The van der Waals surface area contributed by atoms with Gasteiger partial charge in [-0.25, -0.2) is 0 Å². The molecule has 0 spiro atoms. The summed E-state index contributed by atoms with van der Waals surface area (Å²) in [5, 5.41) is 9.15. The minimum atomic E-state index is 0.400. The van der Waals surface area contributed by atoms with E-state index in [0.29, 0.717) is 11.2 Å². The molecule has 0 saturated carbocycles. The predicted octanol–water partition coefficient (Wildman–Crippen LogP) is 3.27. The van der Waals surface area contributed by atoms with Gasteiger partial charge in [0.05, 0.1) is 5.76 Å². The van der Waals surface area contributed by atoms with Crippen LogP contribution in [0, 0.1) is 11.3 Å². The zero-order valence-electron chi connectivity index (χ0n) is 7.72. The number of allylic oxidation sites excluding steroid dienone is 2. The quantitative estimate of drug-likeness (QED) is 0.567. The SMILES string of the molecule is CC(C)(C)[C@@H]1CC=C(O)CC1. The van der Waals surface area contributed by atoms with Crippen LogP contribution in [-0.4, -0.2) is 5.11 Å². The molecule has 1 nitrogen and oxygen atoms in total. The summed E-state index contributed by atoms with van der Waals surface area (Å²) >= 11 is 0. The number of aliphatic hydroxyl groups is 1. The first-order chi connectivity index (χ1) is 5.00. The lowest BCUT2D eigenvalue weighted by atomic mass is 9.74. The molecule has 0 fully saturated rings. The van der Waals surface area contributed by atoms with E-state index >= 15 is 0 Å². The fourth-order valence-corrected chi connectivity index (χ4v) is 1.61. The monoisotopic (exact) mass is 154 g/mol. The fourth-order valence-electron chi connectivity index (χ4n) is 1.61. The molecular formula is C10H18O. The molecule has 0 amide bonds. The molecule has 0 radical (unpaired) electrons. The molecule has 0 unspecified atom stereocenters. The van der Waals surface area contributed by atoms with Crippen LogP contribution in [0.25, 0.3) is 0 Å². The molecule has 0 aromatic rings. The maximum absolute atomic E-state index is 9.15. The van der Waals surface area contributed by atoms with Crippen LogP contribution in [0.1, 0.15) is 40.0 Å². The molecule has 0 saturated heterocycles. The lowest BCUT2D eigenvalue weighted by molar-refractivity contribution is 0.204. The van der Waals surface area contributed by atoms with Gasteiger partial charge in [0.2, 0.25) is 0 Å². The fraction of sp³-hybridized carbons (Fsp3) is 0.800. The summed E-state index contributed by atoms with van der Waals surface area (Å²) in [6.07, 6.45) is 5.04. The van der Waals surface area contributed by atoms with Crippen LogP contribution in [0.15, 0.2) is 11.8 Å². The highest BCUT2D eigenvalue weighted by molar-refractivity contribution is 4.99. The van der Waals surface area contributed by atoms with Gasteiger partial charge in [-0.1, -0.05) is 20.8 Å². The Morgan fingerprint density at radius 1 is 1.45 bits per heavy atom. The molecule has 11 heavy (non-hydrogen) atoms. The van der Waals surface area contributed by atoms with E-state index in [-0.39, 0.29) is 0 Å². The zero-order chi connectivity index (χ0) is 8.48. The summed E-state index contributed by atoms with van der Waals surface area (Å²) in [5.74, 6) is 1.34. The Bertz CT molecular complexity index is 162. The number of hydrogen-bond donors (Lipinski definition) is 1. The van der Waals surface area contributed by atoms with Crippen LogP contribution in [-0.2, 0) is 0 Å². The van der Waals surface area contributed by atoms with E-state index in [0.717, 1.165) is 25.2 Å². The summed E-state index contributed by atoms with van der Waals surface area (Å²) in [6.45, 7) is 6.82. The molecule has 1 aliphatic carbocycles. The lowest BCUT2D eigenvalue weighted by Gasteiger charge is -2.32. The van der Waals surface area contributed by atoms with E-state index in [1.54, 1.807) is 0 Å². The van der Waals surface area contributed by atoms with E-state index in [1.807, 2.05) is 6.08 Å². The molecule has 1 aliphatic rings. The smallest absolute Gasteiger partial charge is 0.0883 e. The molecular weight excluding hydrogens is 136 g/mol. The summed E-state index contributed by atoms with van der Waals surface area (Å²) in [4.78, 5) is 0. The molecule has 0 heterocycles. The van der Waals surface area contributed by atoms with Gasteiger partial charge in [0.1, 0.15) is 0 Å². The maximum atomic E-state index is 9.15. The lowest BCUT2D eigenvalue weighted by Crippen LogP contribution is -2.22. The Hall–Kier alpha value is -0.460. The van der Waals surface area contributed by atoms with E-state index in [1.165, 1.54) is 0 Å². The maximum Gasteiger partial charge on any atom is 0.0883 e. The van der Waals surface area contributed by atoms with Gasteiger partial charge in [-0.2, -0.15) is 0 Å². The number of rotatable bonds is 0. The van der Waals surface area contributed by atoms with Crippen molar-refractivity contribution in [2.24, 2.45) is 11.3 Å². The highest BCUT2D eigenvalue weighted by atomic mass is 16.3. The van der Waals surface area contributed by atoms with Crippen LogP contribution in [0.3, 0.4) is 0 Å². The molecule has 1 rings (SSSR count). The van der Waals surface area contributed by atoms with Gasteiger partial charge >= 0.3 is 0 Å². The minimum Gasteiger partial charge on any atom is -0.513 e. The van der Waals surface area contributed by atoms with E-state index in [9.17, 15) is 0 Å². The Labute approximate surface area is 69.1 Å². The van der Waals surface area contributed by atoms with Crippen molar-refractivity contribution in [2.45, 2.75) is 40.0 Å². The third kappa shape index (κ3) is 2.25. The normalized spacial score (nSPS) is 26.5. The average molecular weight is 154 g/mol. The first-order valence-corrected chi connectivity index (χ1v) is 4.38. The van der Waals surface area contributed by atoms with Gasteiger partial charge in [-0.3, -0.25) is 0 Å². The van der Waals surface area contributed by atoms with Crippen molar-refractivity contribution in [3.8, 4) is 0 Å². The van der Waals surface area contributed by atoms with Crippen LogP contribution < -0.4 is 0 Å². The second-order valence-corrected chi connectivity index (χ2v) is 4.53. The summed E-state index contributed by atoms with van der Waals surface area (Å²) in [5.41, 5.74) is 0.400. The summed E-state index contributed by atoms with van der Waals surface area (Å²) in [6, 6.07) is 0. The summed E-state index contributed by atoms with van der Waals surface area (Å²) in [7, 11) is 0. The van der Waals surface area contributed by atoms with Crippen LogP contribution >= 0.6 is 0 Å². The van der Waals surface area contributed by atoms with Crippen molar-refractivity contribution in [2.75, 3.05) is 0 Å². The second kappa shape index (κ2) is 2.88. The van der Waals surface area contributed by atoms with Crippen LogP contribution in [0.2, 0.25) is 0 Å². The van der Waals surface area contributed by atoms with Crippen LogP contribution in [0.5, 0.6) is 0 Å². The first-order valence-electron chi connectivity index (χ1n) is 4.38. The Balaban J connectivity index is 2.54. The molecule has 0 aromatic carbocycles. The largest absolute Gasteiger partial charge is 0.513 e. The molecule has 1 atom stereocenters. The van der Waals surface area contributed by atoms with Crippen molar-refractivity contribution in [1.29, 1.82) is 0 Å². The highest BCUT2D eigenvalue weighted by Gasteiger charge is 2.25. The number of hydrogen-bond acceptors (Lipinski definition) is 1. The third-order valence-electron chi connectivity index (χ3n) is 2.61. The second-order valence-electron chi connectivity index (χ2n) is 4.53. The zero-order valence-corrected chi connectivity index (χ0v) is 7.72. The van der Waals surface area contributed by atoms with E-state index in [2.05, 4.69) is 20.8 Å². The van der Waals surface area contributed by atoms with E-state index < -0.39 is 0 Å². The molecule has 1 heteroatoms. The first kappa shape index (κ1) is 8.63. The van der Waals surface area contributed by atoms with Crippen molar-refractivity contribution < 1.29 is 5.11 Å². The van der Waals surface area contributed by atoms with Gasteiger partial charge in [0, 0.05) is 6.42 Å². The topological polar surface area (TPSA) is 20.2 Å². The van der Waals surface area contributed by atoms with Gasteiger partial charge in [0.15, 0.2) is 0 Å². The summed E-state index contributed by atoms with van der Waals surface area (Å²) < 4.78 is 0. The minimum absolute atomic E-state index is 0.400. The molecule has 0 aliphatic heterocycles. The molecule has 0 aromatic heterocycles. The van der Waals surface area contributed by atoms with Gasteiger partial charge in [-0.15, -0.1) is 0 Å². The Morgan fingerprint density at radius 3 is 2.45 bits per heavy atom.